The quantitative estimate of drug-likeness (QED) is 0.880. The topological polar surface area (TPSA) is 111 Å². The van der Waals surface area contributed by atoms with Gasteiger partial charge in [0.1, 0.15) is 0 Å². The Morgan fingerprint density at radius 1 is 1.35 bits per heavy atom. The Morgan fingerprint density at radius 3 is 2.40 bits per heavy atom. The van der Waals surface area contributed by atoms with Gasteiger partial charge in [-0.2, -0.15) is 10.4 Å². The van der Waals surface area contributed by atoms with Gasteiger partial charge in [-0.05, 0) is 30.2 Å². The first-order chi connectivity index (χ1) is 9.45. The highest BCUT2D eigenvalue weighted by Gasteiger charge is 2.22. The van der Waals surface area contributed by atoms with E-state index in [-0.39, 0.29) is 11.6 Å². The normalized spacial score (nSPS) is 10.5. The Morgan fingerprint density at radius 2 is 1.95 bits per heavy atom. The highest BCUT2D eigenvalue weighted by molar-refractivity contribution is 5.97. The lowest BCUT2D eigenvalue weighted by molar-refractivity contribution is 0.0994. The van der Waals surface area contributed by atoms with Crippen molar-refractivity contribution in [3.63, 3.8) is 0 Å². The molecule has 4 N–H and O–H groups in total. The molecule has 0 radical (unpaired) electrons. The zero-order valence-electron chi connectivity index (χ0n) is 11.3. The summed E-state index contributed by atoms with van der Waals surface area (Å²) < 4.78 is 1.42. The lowest BCUT2D eigenvalue weighted by Crippen LogP contribution is -2.18. The van der Waals surface area contributed by atoms with E-state index < -0.39 is 5.91 Å². The highest BCUT2D eigenvalue weighted by atomic mass is 16.1. The largest absolute Gasteiger partial charge is 0.395 e. The van der Waals surface area contributed by atoms with E-state index in [1.54, 1.807) is 24.3 Å². The van der Waals surface area contributed by atoms with Crippen LogP contribution in [0.4, 0.5) is 5.69 Å². The summed E-state index contributed by atoms with van der Waals surface area (Å²) in [6, 6.07) is 8.72. The van der Waals surface area contributed by atoms with Crippen molar-refractivity contribution >= 4 is 11.6 Å². The molecular formula is C14H15N5O. The molecule has 0 fully saturated rings. The smallest absolute Gasteiger partial charge is 0.269 e. The molecule has 0 saturated heterocycles. The molecule has 1 amide bonds. The van der Waals surface area contributed by atoms with Crippen molar-refractivity contribution in [3.8, 4) is 11.8 Å². The van der Waals surface area contributed by atoms with E-state index in [4.69, 9.17) is 16.7 Å². The number of hydrogen-bond donors (Lipinski definition) is 2. The van der Waals surface area contributed by atoms with Crippen molar-refractivity contribution < 1.29 is 4.79 Å². The third-order valence-electron chi connectivity index (χ3n) is 2.97. The molecule has 0 aliphatic heterocycles. The molecule has 0 saturated carbocycles. The zero-order chi connectivity index (χ0) is 14.9. The van der Waals surface area contributed by atoms with Gasteiger partial charge >= 0.3 is 0 Å². The summed E-state index contributed by atoms with van der Waals surface area (Å²) in [6.45, 7) is 3.87. The minimum absolute atomic E-state index is 0.0766. The number of aromatic nitrogens is 2. The first-order valence-corrected chi connectivity index (χ1v) is 6.14. The van der Waals surface area contributed by atoms with Crippen molar-refractivity contribution in [2.75, 3.05) is 5.73 Å². The molecule has 6 heteroatoms. The predicted molar refractivity (Wildman–Crippen MR) is 75.3 cm³/mol. The van der Waals surface area contributed by atoms with Crippen LogP contribution in [0, 0.1) is 11.3 Å². The first-order valence-electron chi connectivity index (χ1n) is 6.14. The SMILES string of the molecule is CC(C)c1nn(-c2ccc(C#N)cc2)c(C(N)=O)c1N. The van der Waals surface area contributed by atoms with Crippen molar-refractivity contribution in [3.05, 3.63) is 41.2 Å². The van der Waals surface area contributed by atoms with Crippen molar-refractivity contribution in [1.82, 2.24) is 9.78 Å². The third kappa shape index (κ3) is 2.21. The third-order valence-corrected chi connectivity index (χ3v) is 2.97. The molecule has 1 heterocycles. The molecule has 0 aliphatic carbocycles. The van der Waals surface area contributed by atoms with Crippen LogP contribution in [-0.2, 0) is 0 Å². The number of carbonyl (C=O) groups excluding carboxylic acids is 1. The number of benzene rings is 1. The number of nitrogen functional groups attached to an aromatic ring is 1. The van der Waals surface area contributed by atoms with E-state index in [0.29, 0.717) is 22.6 Å². The molecule has 6 nitrogen and oxygen atoms in total. The average Bonchev–Trinajstić information content (AvgIpc) is 2.76. The van der Waals surface area contributed by atoms with E-state index in [0.717, 1.165) is 0 Å². The number of nitrogens with zero attached hydrogens (tertiary/aromatic N) is 3. The van der Waals surface area contributed by atoms with Crippen LogP contribution in [0.3, 0.4) is 0 Å². The Balaban J connectivity index is 2.63. The van der Waals surface area contributed by atoms with Gasteiger partial charge in [0.05, 0.1) is 28.7 Å². The molecule has 1 aromatic heterocycles. The van der Waals surface area contributed by atoms with Gasteiger partial charge in [0.15, 0.2) is 5.69 Å². The van der Waals surface area contributed by atoms with Crippen LogP contribution in [0.5, 0.6) is 0 Å². The second kappa shape index (κ2) is 5.05. The van der Waals surface area contributed by atoms with E-state index in [1.165, 1.54) is 4.68 Å². The van der Waals surface area contributed by atoms with Gasteiger partial charge in [-0.3, -0.25) is 4.79 Å². The van der Waals surface area contributed by atoms with E-state index >= 15 is 0 Å². The standard InChI is InChI=1S/C14H15N5O/c1-8(2)12-11(16)13(14(17)20)19(18-12)10-5-3-9(7-15)4-6-10/h3-6,8H,16H2,1-2H3,(H2,17,20). The molecule has 2 aromatic rings. The number of rotatable bonds is 3. The minimum Gasteiger partial charge on any atom is -0.395 e. The molecule has 102 valence electrons. The van der Waals surface area contributed by atoms with Gasteiger partial charge in [0.25, 0.3) is 5.91 Å². The lowest BCUT2D eigenvalue weighted by Gasteiger charge is -2.05. The maximum Gasteiger partial charge on any atom is 0.269 e. The summed E-state index contributed by atoms with van der Waals surface area (Å²) in [5.74, 6) is -0.556. The molecule has 1 aromatic carbocycles. The van der Waals surface area contributed by atoms with Gasteiger partial charge in [0.2, 0.25) is 0 Å². The minimum atomic E-state index is -0.633. The summed E-state index contributed by atoms with van der Waals surface area (Å²) in [7, 11) is 0. The summed E-state index contributed by atoms with van der Waals surface area (Å²) >= 11 is 0. The number of amides is 1. The van der Waals surface area contributed by atoms with Crippen LogP contribution in [0.25, 0.3) is 5.69 Å². The fourth-order valence-corrected chi connectivity index (χ4v) is 1.97. The van der Waals surface area contributed by atoms with Crippen LogP contribution in [0.2, 0.25) is 0 Å². The first kappa shape index (κ1) is 13.6. The van der Waals surface area contributed by atoms with E-state index in [1.807, 2.05) is 19.9 Å². The second-order valence-electron chi connectivity index (χ2n) is 4.74. The average molecular weight is 269 g/mol. The van der Waals surface area contributed by atoms with E-state index in [2.05, 4.69) is 5.10 Å². The van der Waals surface area contributed by atoms with Crippen LogP contribution >= 0.6 is 0 Å². The van der Waals surface area contributed by atoms with Crippen molar-refractivity contribution in [2.24, 2.45) is 5.73 Å². The Kier molecular flexibility index (Phi) is 3.44. The van der Waals surface area contributed by atoms with Gasteiger partial charge in [0, 0.05) is 0 Å². The monoisotopic (exact) mass is 269 g/mol. The lowest BCUT2D eigenvalue weighted by atomic mass is 10.1. The van der Waals surface area contributed by atoms with Crippen molar-refractivity contribution in [1.29, 1.82) is 5.26 Å². The Labute approximate surface area is 116 Å². The van der Waals surface area contributed by atoms with Crippen LogP contribution in [-0.4, -0.2) is 15.7 Å². The van der Waals surface area contributed by atoms with Gasteiger partial charge in [-0.1, -0.05) is 13.8 Å². The maximum absolute atomic E-state index is 11.6. The molecule has 20 heavy (non-hydrogen) atoms. The highest BCUT2D eigenvalue weighted by Crippen LogP contribution is 2.26. The molecular weight excluding hydrogens is 254 g/mol. The Bertz CT molecular complexity index is 692. The number of primary amides is 1. The number of anilines is 1. The summed E-state index contributed by atoms with van der Waals surface area (Å²) in [6.07, 6.45) is 0. The number of nitrogens with two attached hydrogens (primary N) is 2. The van der Waals surface area contributed by atoms with Crippen LogP contribution in [0.15, 0.2) is 24.3 Å². The van der Waals surface area contributed by atoms with Gasteiger partial charge < -0.3 is 11.5 Å². The fourth-order valence-electron chi connectivity index (χ4n) is 1.97. The van der Waals surface area contributed by atoms with Crippen LogP contribution in [0.1, 0.15) is 41.5 Å². The molecule has 0 bridgehead atoms. The zero-order valence-corrected chi connectivity index (χ0v) is 11.3. The number of carbonyl (C=O) groups is 1. The Hall–Kier alpha value is -2.81. The fraction of sp³-hybridized carbons (Fsp3) is 0.214. The number of nitriles is 1. The second-order valence-corrected chi connectivity index (χ2v) is 4.74. The van der Waals surface area contributed by atoms with E-state index in [9.17, 15) is 4.79 Å². The predicted octanol–water partition coefficient (Wildman–Crippen LogP) is 1.55. The molecule has 0 unspecified atom stereocenters. The summed E-state index contributed by atoms with van der Waals surface area (Å²) in [5.41, 5.74) is 13.6. The van der Waals surface area contributed by atoms with Crippen LogP contribution < -0.4 is 11.5 Å². The molecule has 0 spiro atoms. The molecule has 0 aliphatic rings. The summed E-state index contributed by atoms with van der Waals surface area (Å²) in [4.78, 5) is 11.6. The summed E-state index contributed by atoms with van der Waals surface area (Å²) in [5, 5.41) is 13.2. The van der Waals surface area contributed by atoms with Gasteiger partial charge in [-0.25, -0.2) is 4.68 Å². The number of hydrogen-bond acceptors (Lipinski definition) is 4. The van der Waals surface area contributed by atoms with Crippen molar-refractivity contribution in [2.45, 2.75) is 19.8 Å². The van der Waals surface area contributed by atoms with Gasteiger partial charge in [-0.15, -0.1) is 0 Å². The molecule has 2 rings (SSSR count). The molecule has 0 atom stereocenters. The maximum atomic E-state index is 11.6.